The Hall–Kier alpha value is -0.340. The molecule has 0 saturated heterocycles. The number of fused-ring (bicyclic) bond motifs is 1. The lowest BCUT2D eigenvalue weighted by atomic mass is 9.66. The van der Waals surface area contributed by atoms with E-state index < -0.39 is 0 Å². The second-order valence-electron chi connectivity index (χ2n) is 6.37. The molecule has 2 heteroatoms. The summed E-state index contributed by atoms with van der Waals surface area (Å²) in [6.07, 6.45) is 10.1. The lowest BCUT2D eigenvalue weighted by molar-refractivity contribution is 0.118. The smallest absolute Gasteiger partial charge is 0.0421 e. The Kier molecular flexibility index (Phi) is 3.76. The van der Waals surface area contributed by atoms with Crippen molar-refractivity contribution in [2.75, 3.05) is 0 Å². The summed E-state index contributed by atoms with van der Waals surface area (Å²) >= 11 is 1.86. The minimum absolute atomic E-state index is 0.299. The van der Waals surface area contributed by atoms with E-state index in [2.05, 4.69) is 18.4 Å². The van der Waals surface area contributed by atoms with Gasteiger partial charge in [0, 0.05) is 10.9 Å². The molecule has 2 N–H and O–H groups in total. The van der Waals surface area contributed by atoms with Gasteiger partial charge < -0.3 is 5.73 Å². The van der Waals surface area contributed by atoms with Crippen molar-refractivity contribution < 1.29 is 0 Å². The molecule has 2 aliphatic rings. The third kappa shape index (κ3) is 2.37. The van der Waals surface area contributed by atoms with E-state index in [1.807, 2.05) is 11.3 Å². The zero-order chi connectivity index (χ0) is 12.5. The van der Waals surface area contributed by atoms with Gasteiger partial charge in [-0.15, -0.1) is 11.3 Å². The van der Waals surface area contributed by atoms with Crippen LogP contribution in [-0.2, 0) is 0 Å². The quantitative estimate of drug-likeness (QED) is 0.825. The van der Waals surface area contributed by atoms with Gasteiger partial charge in [0.05, 0.1) is 0 Å². The molecule has 0 radical (unpaired) electrons. The van der Waals surface area contributed by atoms with Gasteiger partial charge in [-0.05, 0) is 60.9 Å². The first-order chi connectivity index (χ1) is 8.75. The minimum Gasteiger partial charge on any atom is -0.323 e. The van der Waals surface area contributed by atoms with E-state index in [1.165, 1.54) is 55.4 Å². The van der Waals surface area contributed by atoms with Crippen LogP contribution in [0.1, 0.15) is 61.4 Å². The summed E-state index contributed by atoms with van der Waals surface area (Å²) in [6, 6.07) is 2.51. The van der Waals surface area contributed by atoms with Crippen molar-refractivity contribution in [1.29, 1.82) is 0 Å². The molecule has 0 aliphatic heterocycles. The van der Waals surface area contributed by atoms with E-state index in [1.54, 1.807) is 0 Å². The van der Waals surface area contributed by atoms with Crippen LogP contribution in [0.4, 0.5) is 0 Å². The van der Waals surface area contributed by atoms with Crippen LogP contribution >= 0.6 is 11.3 Å². The molecule has 0 amide bonds. The Bertz CT molecular complexity index is 398. The van der Waals surface area contributed by atoms with Crippen LogP contribution in [0.2, 0.25) is 0 Å². The average molecular weight is 263 g/mol. The molecule has 1 nitrogen and oxygen atoms in total. The van der Waals surface area contributed by atoms with Crippen molar-refractivity contribution in [2.24, 2.45) is 23.5 Å². The van der Waals surface area contributed by atoms with Gasteiger partial charge in [0.25, 0.3) is 0 Å². The van der Waals surface area contributed by atoms with Gasteiger partial charge in [-0.25, -0.2) is 0 Å². The van der Waals surface area contributed by atoms with Gasteiger partial charge in [0.1, 0.15) is 0 Å². The first kappa shape index (κ1) is 12.7. The van der Waals surface area contributed by atoms with Crippen LogP contribution in [0.5, 0.6) is 0 Å². The third-order valence-corrected chi connectivity index (χ3v) is 6.41. The van der Waals surface area contributed by atoms with E-state index in [4.69, 9.17) is 5.73 Å². The molecular weight excluding hydrogens is 238 g/mol. The largest absolute Gasteiger partial charge is 0.323 e. The van der Waals surface area contributed by atoms with E-state index in [-0.39, 0.29) is 0 Å². The second-order valence-corrected chi connectivity index (χ2v) is 7.32. The standard InChI is InChI=1S/C16H25NS/c1-11-8-9-18-16(11)15(17)14-7-6-12-4-2-3-5-13(12)10-14/h8-9,12-15H,2-7,10,17H2,1H3. The molecule has 100 valence electrons. The third-order valence-electron chi connectivity index (χ3n) is 5.29. The highest BCUT2D eigenvalue weighted by Gasteiger charge is 2.35. The monoisotopic (exact) mass is 263 g/mol. The van der Waals surface area contributed by atoms with Crippen molar-refractivity contribution in [1.82, 2.24) is 0 Å². The average Bonchev–Trinajstić information content (AvgIpc) is 2.83. The summed E-state index contributed by atoms with van der Waals surface area (Å²) in [5.41, 5.74) is 7.95. The molecule has 0 spiro atoms. The summed E-state index contributed by atoms with van der Waals surface area (Å²) in [7, 11) is 0. The predicted molar refractivity (Wildman–Crippen MR) is 78.8 cm³/mol. The maximum Gasteiger partial charge on any atom is 0.0421 e. The van der Waals surface area contributed by atoms with Gasteiger partial charge in [0.2, 0.25) is 0 Å². The van der Waals surface area contributed by atoms with Crippen LogP contribution in [0, 0.1) is 24.7 Å². The molecule has 4 atom stereocenters. The second kappa shape index (κ2) is 5.34. The first-order valence-electron chi connectivity index (χ1n) is 7.55. The topological polar surface area (TPSA) is 26.0 Å². The molecule has 4 unspecified atom stereocenters. The molecular formula is C16H25NS. The van der Waals surface area contributed by atoms with E-state index in [0.717, 1.165) is 17.8 Å². The number of nitrogens with two attached hydrogens (primary N) is 1. The molecule has 3 rings (SSSR count). The molecule has 2 fully saturated rings. The molecule has 1 aromatic heterocycles. The fraction of sp³-hybridized carbons (Fsp3) is 0.750. The Morgan fingerprint density at radius 2 is 1.94 bits per heavy atom. The fourth-order valence-electron chi connectivity index (χ4n) is 4.18. The molecule has 0 aromatic carbocycles. The summed E-state index contributed by atoms with van der Waals surface area (Å²) in [6.45, 7) is 2.21. The first-order valence-corrected chi connectivity index (χ1v) is 8.43. The predicted octanol–water partition coefficient (Wildman–Crippen LogP) is 4.66. The number of hydrogen-bond donors (Lipinski definition) is 1. The lowest BCUT2D eigenvalue weighted by Gasteiger charge is -2.41. The summed E-state index contributed by atoms with van der Waals surface area (Å²) in [5, 5.41) is 2.19. The van der Waals surface area contributed by atoms with Crippen LogP contribution in [0.15, 0.2) is 11.4 Å². The number of hydrogen-bond acceptors (Lipinski definition) is 2. The van der Waals surface area contributed by atoms with Crippen molar-refractivity contribution in [3.8, 4) is 0 Å². The minimum atomic E-state index is 0.299. The SMILES string of the molecule is Cc1ccsc1C(N)C1CCC2CCCCC2C1. The van der Waals surface area contributed by atoms with Crippen molar-refractivity contribution >= 4 is 11.3 Å². The highest BCUT2D eigenvalue weighted by molar-refractivity contribution is 7.10. The maximum atomic E-state index is 6.55. The van der Waals surface area contributed by atoms with Gasteiger partial charge in [0.15, 0.2) is 0 Å². The van der Waals surface area contributed by atoms with Gasteiger partial charge in [-0.1, -0.05) is 25.7 Å². The van der Waals surface area contributed by atoms with Crippen LogP contribution in [-0.4, -0.2) is 0 Å². The van der Waals surface area contributed by atoms with E-state index in [9.17, 15) is 0 Å². The number of thiophene rings is 1. The Balaban J connectivity index is 1.68. The van der Waals surface area contributed by atoms with Gasteiger partial charge in [-0.2, -0.15) is 0 Å². The zero-order valence-corrected chi connectivity index (χ0v) is 12.2. The van der Waals surface area contributed by atoms with E-state index >= 15 is 0 Å². The normalized spacial score (nSPS) is 34.0. The molecule has 2 saturated carbocycles. The van der Waals surface area contributed by atoms with Crippen LogP contribution in [0.25, 0.3) is 0 Å². The highest BCUT2D eigenvalue weighted by Crippen LogP contribution is 2.46. The van der Waals surface area contributed by atoms with Gasteiger partial charge in [-0.3, -0.25) is 0 Å². The van der Waals surface area contributed by atoms with Crippen LogP contribution < -0.4 is 5.73 Å². The number of aryl methyl sites for hydroxylation is 1. The summed E-state index contributed by atoms with van der Waals surface area (Å²) in [5.74, 6) is 2.76. The maximum absolute atomic E-state index is 6.55. The fourth-order valence-corrected chi connectivity index (χ4v) is 5.20. The van der Waals surface area contributed by atoms with Crippen molar-refractivity contribution in [3.63, 3.8) is 0 Å². The molecule has 2 aliphatic carbocycles. The van der Waals surface area contributed by atoms with Crippen molar-refractivity contribution in [2.45, 2.75) is 57.9 Å². The highest BCUT2D eigenvalue weighted by atomic mass is 32.1. The molecule has 18 heavy (non-hydrogen) atoms. The molecule has 1 heterocycles. The Morgan fingerprint density at radius 3 is 2.67 bits per heavy atom. The van der Waals surface area contributed by atoms with Gasteiger partial charge >= 0.3 is 0 Å². The zero-order valence-electron chi connectivity index (χ0n) is 11.4. The van der Waals surface area contributed by atoms with E-state index in [0.29, 0.717) is 6.04 Å². The Labute approximate surface area is 115 Å². The van der Waals surface area contributed by atoms with Crippen LogP contribution in [0.3, 0.4) is 0 Å². The number of rotatable bonds is 2. The Morgan fingerprint density at radius 1 is 1.17 bits per heavy atom. The van der Waals surface area contributed by atoms with Crippen molar-refractivity contribution in [3.05, 3.63) is 21.9 Å². The molecule has 0 bridgehead atoms. The molecule has 1 aromatic rings. The summed E-state index contributed by atoms with van der Waals surface area (Å²) in [4.78, 5) is 1.44. The lowest BCUT2D eigenvalue weighted by Crippen LogP contribution is -2.32. The summed E-state index contributed by atoms with van der Waals surface area (Å²) < 4.78 is 0.